The number of aliphatic hydroxyl groups excluding tert-OH is 1. The topological polar surface area (TPSA) is 47.0 Å². The molecule has 5 nitrogen and oxygen atoms in total. The molecule has 3 aliphatic rings. The Morgan fingerprint density at radius 3 is 2.59 bits per heavy atom. The molecule has 0 unspecified atom stereocenters. The summed E-state index contributed by atoms with van der Waals surface area (Å²) in [5.41, 5.74) is 3.13. The van der Waals surface area contributed by atoms with Crippen LogP contribution in [0.1, 0.15) is 37.0 Å². The number of carbonyl (C=O) groups excluding carboxylic acids is 1. The maximum absolute atomic E-state index is 13.1. The fraction of sp³-hybridized carbons (Fsp3) is 0.591. The minimum Gasteiger partial charge on any atom is -0.395 e. The second-order valence-corrected chi connectivity index (χ2v) is 8.23. The van der Waals surface area contributed by atoms with Gasteiger partial charge < -0.3 is 14.9 Å². The van der Waals surface area contributed by atoms with E-state index < -0.39 is 0 Å². The van der Waals surface area contributed by atoms with Crippen LogP contribution in [0.2, 0.25) is 0 Å². The third kappa shape index (κ3) is 4.90. The summed E-state index contributed by atoms with van der Waals surface area (Å²) >= 11 is 0. The molecular formula is C22H33N3O2. The van der Waals surface area contributed by atoms with Gasteiger partial charge in [-0.15, -0.1) is 0 Å². The van der Waals surface area contributed by atoms with Crippen LogP contribution >= 0.6 is 0 Å². The van der Waals surface area contributed by atoms with Gasteiger partial charge in [0.2, 0.25) is 0 Å². The Morgan fingerprint density at radius 2 is 1.93 bits per heavy atom. The summed E-state index contributed by atoms with van der Waals surface area (Å²) < 4.78 is 0. The van der Waals surface area contributed by atoms with Crippen molar-refractivity contribution in [3.05, 3.63) is 41.5 Å². The molecule has 0 spiro atoms. The third-order valence-electron chi connectivity index (χ3n) is 5.84. The zero-order valence-electron chi connectivity index (χ0n) is 16.9. The number of carbonyl (C=O) groups is 1. The first-order valence-corrected chi connectivity index (χ1v) is 10.1. The van der Waals surface area contributed by atoms with E-state index in [1.165, 1.54) is 18.4 Å². The van der Waals surface area contributed by atoms with Crippen LogP contribution in [-0.2, 0) is 0 Å². The Kier molecular flexibility index (Phi) is 6.55. The first-order valence-electron chi connectivity index (χ1n) is 10.1. The van der Waals surface area contributed by atoms with E-state index >= 15 is 0 Å². The fourth-order valence-corrected chi connectivity index (χ4v) is 4.19. The monoisotopic (exact) mass is 371 g/mol. The van der Waals surface area contributed by atoms with Gasteiger partial charge in [-0.2, -0.15) is 0 Å². The SMILES string of the molecule is CC(C)=CCN1C[C@@H]2CC[C@H]1CN(C(=O)c1ccc(N(C)CCO)cc1)C2. The van der Waals surface area contributed by atoms with Crippen molar-refractivity contribution in [3.63, 3.8) is 0 Å². The van der Waals surface area contributed by atoms with E-state index in [4.69, 9.17) is 5.11 Å². The highest BCUT2D eigenvalue weighted by Crippen LogP contribution is 2.29. The van der Waals surface area contributed by atoms with Crippen LogP contribution in [0.15, 0.2) is 35.9 Å². The molecule has 2 atom stereocenters. The Balaban J connectivity index is 1.68. The number of nitrogens with zero attached hydrogens (tertiary/aromatic N) is 3. The lowest BCUT2D eigenvalue weighted by atomic mass is 9.95. The average molecular weight is 372 g/mol. The number of piperidine rings is 1. The van der Waals surface area contributed by atoms with Crippen molar-refractivity contribution in [3.8, 4) is 0 Å². The molecule has 3 fully saturated rings. The maximum atomic E-state index is 13.1. The van der Waals surface area contributed by atoms with Gasteiger partial charge in [0.1, 0.15) is 0 Å². The van der Waals surface area contributed by atoms with E-state index in [9.17, 15) is 4.79 Å². The van der Waals surface area contributed by atoms with Crippen LogP contribution < -0.4 is 4.90 Å². The molecule has 3 saturated heterocycles. The van der Waals surface area contributed by atoms with Gasteiger partial charge in [0.05, 0.1) is 6.61 Å². The molecule has 1 amide bonds. The van der Waals surface area contributed by atoms with Gasteiger partial charge in [-0.1, -0.05) is 11.6 Å². The first-order chi connectivity index (χ1) is 13.0. The normalized spacial score (nSPS) is 22.4. The van der Waals surface area contributed by atoms with Crippen molar-refractivity contribution >= 4 is 11.6 Å². The fourth-order valence-electron chi connectivity index (χ4n) is 4.19. The third-order valence-corrected chi connectivity index (χ3v) is 5.84. The summed E-state index contributed by atoms with van der Waals surface area (Å²) in [6.07, 6.45) is 4.72. The van der Waals surface area contributed by atoms with Crippen molar-refractivity contribution < 1.29 is 9.90 Å². The minimum absolute atomic E-state index is 0.122. The van der Waals surface area contributed by atoms with E-state index in [-0.39, 0.29) is 12.5 Å². The second-order valence-electron chi connectivity index (χ2n) is 8.23. The summed E-state index contributed by atoms with van der Waals surface area (Å²) in [5.74, 6) is 0.723. The quantitative estimate of drug-likeness (QED) is 0.781. The summed E-state index contributed by atoms with van der Waals surface area (Å²) in [7, 11) is 1.95. The zero-order valence-corrected chi connectivity index (χ0v) is 16.9. The number of aliphatic hydroxyl groups is 1. The largest absolute Gasteiger partial charge is 0.395 e. The van der Waals surface area contributed by atoms with Crippen LogP contribution in [0, 0.1) is 5.92 Å². The standard InChI is InChI=1S/C22H33N3O2/c1-17(2)10-11-24-14-18-4-7-21(24)16-25(15-18)22(27)19-5-8-20(9-6-19)23(3)12-13-26/h5-6,8-10,18,21,26H,4,7,11-16H2,1-3H3/t18-,21-/m0/s1. The van der Waals surface area contributed by atoms with E-state index in [1.54, 1.807) is 0 Å². The Labute approximate surface area is 163 Å². The van der Waals surface area contributed by atoms with Crippen molar-refractivity contribution in [2.24, 2.45) is 5.92 Å². The number of likely N-dealkylation sites (N-methyl/N-ethyl adjacent to an activating group) is 1. The molecule has 4 rings (SSSR count). The number of benzene rings is 1. The number of allylic oxidation sites excluding steroid dienone is 1. The molecule has 1 aromatic rings. The zero-order chi connectivity index (χ0) is 19.4. The Hall–Kier alpha value is -1.85. The van der Waals surface area contributed by atoms with Crippen LogP contribution in [0.4, 0.5) is 5.69 Å². The molecule has 2 bridgehead atoms. The van der Waals surface area contributed by atoms with Gasteiger partial charge in [0.25, 0.3) is 5.91 Å². The molecule has 27 heavy (non-hydrogen) atoms. The van der Waals surface area contributed by atoms with Crippen LogP contribution in [0.25, 0.3) is 0 Å². The van der Waals surface area contributed by atoms with Crippen molar-refractivity contribution in [2.75, 3.05) is 51.3 Å². The molecule has 0 radical (unpaired) electrons. The molecule has 0 aliphatic carbocycles. The lowest BCUT2D eigenvalue weighted by Gasteiger charge is -2.35. The molecule has 0 saturated carbocycles. The smallest absolute Gasteiger partial charge is 0.253 e. The van der Waals surface area contributed by atoms with Crippen LogP contribution in [-0.4, -0.2) is 73.2 Å². The number of anilines is 1. The Bertz CT molecular complexity index is 667. The number of fused-ring (bicyclic) bond motifs is 4. The predicted octanol–water partition coefficient (Wildman–Crippen LogP) is 2.62. The predicted molar refractivity (Wildman–Crippen MR) is 110 cm³/mol. The molecule has 1 aromatic carbocycles. The van der Waals surface area contributed by atoms with E-state index in [0.717, 1.165) is 37.4 Å². The number of rotatable bonds is 6. The molecule has 0 aromatic heterocycles. The van der Waals surface area contributed by atoms with E-state index in [0.29, 0.717) is 18.5 Å². The summed E-state index contributed by atoms with van der Waals surface area (Å²) in [4.78, 5) is 19.7. The molecule has 5 heteroatoms. The average Bonchev–Trinajstić information content (AvgIpc) is 2.98. The van der Waals surface area contributed by atoms with Gasteiger partial charge >= 0.3 is 0 Å². The number of hydrogen-bond acceptors (Lipinski definition) is 4. The summed E-state index contributed by atoms with van der Waals surface area (Å²) in [5, 5.41) is 9.07. The van der Waals surface area contributed by atoms with Crippen LogP contribution in [0.3, 0.4) is 0 Å². The van der Waals surface area contributed by atoms with Crippen LogP contribution in [0.5, 0.6) is 0 Å². The van der Waals surface area contributed by atoms with Gasteiger partial charge in [0.15, 0.2) is 0 Å². The van der Waals surface area contributed by atoms with Gasteiger partial charge in [-0.3, -0.25) is 9.69 Å². The molecule has 3 heterocycles. The summed E-state index contributed by atoms with van der Waals surface area (Å²) in [6, 6.07) is 8.24. The highest BCUT2D eigenvalue weighted by Gasteiger charge is 2.36. The molecular weight excluding hydrogens is 338 g/mol. The highest BCUT2D eigenvalue weighted by molar-refractivity contribution is 5.94. The lowest BCUT2D eigenvalue weighted by Crippen LogP contribution is -2.44. The molecule has 148 valence electrons. The maximum Gasteiger partial charge on any atom is 0.253 e. The lowest BCUT2D eigenvalue weighted by molar-refractivity contribution is 0.0740. The van der Waals surface area contributed by atoms with Crippen molar-refractivity contribution in [1.29, 1.82) is 0 Å². The highest BCUT2D eigenvalue weighted by atomic mass is 16.3. The first kappa shape index (κ1) is 19.9. The summed E-state index contributed by atoms with van der Waals surface area (Å²) in [6.45, 7) is 8.80. The van der Waals surface area contributed by atoms with Crippen molar-refractivity contribution in [2.45, 2.75) is 32.7 Å². The van der Waals surface area contributed by atoms with E-state index in [2.05, 4.69) is 29.7 Å². The second kappa shape index (κ2) is 8.89. The molecule has 3 aliphatic heterocycles. The van der Waals surface area contributed by atoms with Gasteiger partial charge in [-0.05, 0) is 56.9 Å². The number of amides is 1. The minimum atomic E-state index is 0.122. The van der Waals surface area contributed by atoms with Crippen molar-refractivity contribution in [1.82, 2.24) is 9.80 Å². The number of hydrogen-bond donors (Lipinski definition) is 1. The van der Waals surface area contributed by atoms with Gasteiger partial charge in [0, 0.05) is 57.1 Å². The van der Waals surface area contributed by atoms with Gasteiger partial charge in [-0.25, -0.2) is 0 Å². The Morgan fingerprint density at radius 1 is 1.19 bits per heavy atom. The molecule has 1 N–H and O–H groups in total. The van der Waals surface area contributed by atoms with E-state index in [1.807, 2.05) is 36.2 Å².